The topological polar surface area (TPSA) is 136 Å². The van der Waals surface area contributed by atoms with Crippen molar-refractivity contribution < 1.29 is 20.1 Å². The number of carbonyl (C=O) groups excluding carboxylic acids is 1. The molecule has 4 rings (SSSR count). The summed E-state index contributed by atoms with van der Waals surface area (Å²) in [6, 6.07) is 10.0. The van der Waals surface area contributed by atoms with Gasteiger partial charge in [-0.05, 0) is 41.8 Å². The van der Waals surface area contributed by atoms with Crippen molar-refractivity contribution in [3.05, 3.63) is 53.7 Å². The molecular weight excluding hydrogens is 386 g/mol. The second-order valence-electron chi connectivity index (χ2n) is 7.42. The Balaban J connectivity index is 1.78. The van der Waals surface area contributed by atoms with E-state index in [1.165, 1.54) is 15.5 Å². The molecule has 156 valence electrons. The van der Waals surface area contributed by atoms with Crippen LogP contribution < -0.4 is 16.1 Å². The maximum atomic E-state index is 12.0. The third-order valence-electron chi connectivity index (χ3n) is 5.16. The van der Waals surface area contributed by atoms with Gasteiger partial charge >= 0.3 is 0 Å². The number of benzene rings is 2. The molecule has 0 bridgehead atoms. The molecule has 1 atom stereocenters. The van der Waals surface area contributed by atoms with Gasteiger partial charge in [-0.25, -0.2) is 0 Å². The highest BCUT2D eigenvalue weighted by atomic mass is 16.3. The number of aliphatic hydroxyl groups is 1. The van der Waals surface area contributed by atoms with Gasteiger partial charge in [0.1, 0.15) is 11.5 Å². The van der Waals surface area contributed by atoms with E-state index in [1.54, 1.807) is 30.5 Å². The van der Waals surface area contributed by atoms with Crippen LogP contribution in [0.25, 0.3) is 10.9 Å². The summed E-state index contributed by atoms with van der Waals surface area (Å²) in [5.74, 6) is -0.0553. The molecule has 2 aromatic carbocycles. The van der Waals surface area contributed by atoms with Crippen LogP contribution in [-0.4, -0.2) is 44.5 Å². The molecule has 1 unspecified atom stereocenters. The number of anilines is 1. The van der Waals surface area contributed by atoms with Crippen molar-refractivity contribution in [3.8, 4) is 11.5 Å². The fourth-order valence-electron chi connectivity index (χ4n) is 3.63. The lowest BCUT2D eigenvalue weighted by atomic mass is 9.98. The minimum Gasteiger partial charge on any atom is -0.508 e. The van der Waals surface area contributed by atoms with Crippen molar-refractivity contribution >= 4 is 28.3 Å². The van der Waals surface area contributed by atoms with Crippen LogP contribution in [0.5, 0.6) is 11.5 Å². The Bertz CT molecular complexity index is 1170. The maximum absolute atomic E-state index is 12.0. The highest BCUT2D eigenvalue weighted by molar-refractivity contribution is 6.13. The molecule has 0 amide bonds. The van der Waals surface area contributed by atoms with Gasteiger partial charge < -0.3 is 21.1 Å². The van der Waals surface area contributed by atoms with Crippen molar-refractivity contribution in [1.82, 2.24) is 9.99 Å². The van der Waals surface area contributed by atoms with Crippen LogP contribution in [-0.2, 0) is 0 Å². The minimum absolute atomic E-state index is 0.00256. The zero-order valence-corrected chi connectivity index (χ0v) is 16.6. The van der Waals surface area contributed by atoms with Crippen molar-refractivity contribution in [2.75, 3.05) is 11.4 Å². The molecule has 6 N–H and O–H groups in total. The largest absolute Gasteiger partial charge is 0.508 e. The summed E-state index contributed by atoms with van der Waals surface area (Å²) in [7, 11) is 0. The molecular formula is C21H23N5O4. The SMILES string of the molecule is CC(C)c1cc(C2=NNC(O)N2c2ccc3c(ccn3C(=O)CN)c2)c(O)cc1O. The minimum atomic E-state index is -1.15. The number of phenols is 2. The van der Waals surface area contributed by atoms with Crippen molar-refractivity contribution in [2.45, 2.75) is 26.1 Å². The molecule has 0 fully saturated rings. The van der Waals surface area contributed by atoms with E-state index in [4.69, 9.17) is 5.73 Å². The predicted octanol–water partition coefficient (Wildman–Crippen LogP) is 1.82. The second-order valence-corrected chi connectivity index (χ2v) is 7.42. The van der Waals surface area contributed by atoms with Gasteiger partial charge in [-0.15, -0.1) is 0 Å². The number of hydrogen-bond acceptors (Lipinski definition) is 8. The first-order valence-electron chi connectivity index (χ1n) is 9.53. The van der Waals surface area contributed by atoms with E-state index < -0.39 is 6.35 Å². The van der Waals surface area contributed by atoms with Gasteiger partial charge in [0.05, 0.1) is 17.6 Å². The number of hydrazone groups is 1. The van der Waals surface area contributed by atoms with Gasteiger partial charge in [0, 0.05) is 23.3 Å². The Morgan fingerprint density at radius 3 is 2.67 bits per heavy atom. The van der Waals surface area contributed by atoms with Crippen LogP contribution >= 0.6 is 0 Å². The lowest BCUT2D eigenvalue weighted by Gasteiger charge is -2.24. The number of fused-ring (bicyclic) bond motifs is 1. The van der Waals surface area contributed by atoms with Gasteiger partial charge in [0.25, 0.3) is 0 Å². The number of hydrogen-bond donors (Lipinski definition) is 5. The van der Waals surface area contributed by atoms with Gasteiger partial charge in [-0.2, -0.15) is 5.10 Å². The molecule has 0 radical (unpaired) electrons. The Morgan fingerprint density at radius 1 is 1.20 bits per heavy atom. The molecule has 9 heteroatoms. The van der Waals surface area contributed by atoms with Gasteiger partial charge in [-0.1, -0.05) is 13.8 Å². The summed E-state index contributed by atoms with van der Waals surface area (Å²) in [5, 5.41) is 36.0. The average molecular weight is 409 g/mol. The van der Waals surface area contributed by atoms with Gasteiger partial charge in [-0.3, -0.25) is 19.7 Å². The summed E-state index contributed by atoms with van der Waals surface area (Å²) in [6.07, 6.45) is 0.499. The Labute approximate surface area is 172 Å². The standard InChI is InChI=1S/C21H23N5O4/c1-11(2)14-8-15(18(28)9-17(14)27)20-23-24-21(30)26(20)13-3-4-16-12(7-13)5-6-25(16)19(29)10-22/h3-9,11,21,24,27-28,30H,10,22H2,1-2H3. The first-order chi connectivity index (χ1) is 14.3. The average Bonchev–Trinajstić information content (AvgIpc) is 3.30. The number of aromatic nitrogens is 1. The van der Waals surface area contributed by atoms with Crippen LogP contribution in [0.15, 0.2) is 47.7 Å². The van der Waals surface area contributed by atoms with E-state index in [1.807, 2.05) is 19.9 Å². The molecule has 0 spiro atoms. The van der Waals surface area contributed by atoms with Crippen molar-refractivity contribution in [3.63, 3.8) is 0 Å². The number of phenolic OH excluding ortho intramolecular Hbond substituents is 2. The number of amidine groups is 1. The van der Waals surface area contributed by atoms with Crippen LogP contribution in [0.1, 0.15) is 35.7 Å². The summed E-state index contributed by atoms with van der Waals surface area (Å²) in [5.41, 5.74) is 10.4. The number of nitrogens with zero attached hydrogens (tertiary/aromatic N) is 3. The fourth-order valence-corrected chi connectivity index (χ4v) is 3.63. The molecule has 1 aromatic heterocycles. The number of nitrogens with one attached hydrogen (secondary N) is 1. The van der Waals surface area contributed by atoms with E-state index in [0.29, 0.717) is 28.2 Å². The monoisotopic (exact) mass is 409 g/mol. The quantitative estimate of drug-likeness (QED) is 0.443. The third-order valence-corrected chi connectivity index (χ3v) is 5.16. The molecule has 0 aliphatic carbocycles. The van der Waals surface area contributed by atoms with Crippen LogP contribution in [0.2, 0.25) is 0 Å². The Morgan fingerprint density at radius 2 is 1.97 bits per heavy atom. The lowest BCUT2D eigenvalue weighted by Crippen LogP contribution is -2.40. The van der Waals surface area contributed by atoms with E-state index in [0.717, 1.165) is 5.39 Å². The summed E-state index contributed by atoms with van der Waals surface area (Å²) < 4.78 is 1.48. The summed E-state index contributed by atoms with van der Waals surface area (Å²) in [4.78, 5) is 13.5. The molecule has 9 nitrogen and oxygen atoms in total. The molecule has 1 aliphatic rings. The van der Waals surface area contributed by atoms with E-state index in [2.05, 4.69) is 10.5 Å². The Hall–Kier alpha value is -3.56. The Kier molecular flexibility index (Phi) is 4.84. The smallest absolute Gasteiger partial charge is 0.244 e. The number of nitrogens with two attached hydrogens (primary N) is 1. The third kappa shape index (κ3) is 3.14. The maximum Gasteiger partial charge on any atom is 0.244 e. The van der Waals surface area contributed by atoms with Crippen LogP contribution in [0.4, 0.5) is 5.69 Å². The molecule has 2 heterocycles. The molecule has 0 saturated heterocycles. The predicted molar refractivity (Wildman–Crippen MR) is 114 cm³/mol. The van der Waals surface area contributed by atoms with Crippen molar-refractivity contribution in [2.24, 2.45) is 10.8 Å². The number of rotatable bonds is 4. The van der Waals surface area contributed by atoms with Crippen LogP contribution in [0.3, 0.4) is 0 Å². The van der Waals surface area contributed by atoms with E-state index in [9.17, 15) is 20.1 Å². The first-order valence-corrected chi connectivity index (χ1v) is 9.53. The zero-order chi connectivity index (χ0) is 21.6. The lowest BCUT2D eigenvalue weighted by molar-refractivity contribution is 0.0928. The summed E-state index contributed by atoms with van der Waals surface area (Å²) in [6.45, 7) is 3.76. The normalized spacial score (nSPS) is 16.2. The van der Waals surface area contributed by atoms with Crippen LogP contribution in [0, 0.1) is 0 Å². The summed E-state index contributed by atoms with van der Waals surface area (Å²) >= 11 is 0. The number of carbonyl (C=O) groups is 1. The second kappa shape index (κ2) is 7.36. The molecule has 0 saturated carbocycles. The highest BCUT2D eigenvalue weighted by Crippen LogP contribution is 2.35. The van der Waals surface area contributed by atoms with Gasteiger partial charge in [0.15, 0.2) is 5.84 Å². The van der Waals surface area contributed by atoms with Crippen molar-refractivity contribution in [1.29, 1.82) is 0 Å². The zero-order valence-electron chi connectivity index (χ0n) is 16.6. The molecule has 3 aromatic rings. The van der Waals surface area contributed by atoms with E-state index >= 15 is 0 Å². The van der Waals surface area contributed by atoms with E-state index in [-0.39, 0.29) is 29.9 Å². The first kappa shape index (κ1) is 19.7. The fraction of sp³-hybridized carbons (Fsp3) is 0.238. The van der Waals surface area contributed by atoms with Gasteiger partial charge in [0.2, 0.25) is 12.3 Å². The molecule has 30 heavy (non-hydrogen) atoms. The number of aromatic hydroxyl groups is 2. The molecule has 1 aliphatic heterocycles. The highest BCUT2D eigenvalue weighted by Gasteiger charge is 2.31. The number of aliphatic hydroxyl groups excluding tert-OH is 1.